The molecular weight excluding hydrogens is 202 g/mol. The average molecular weight is 223 g/mol. The maximum Gasteiger partial charge on any atom is 0.124 e. The van der Waals surface area contributed by atoms with Crippen LogP contribution < -0.4 is 16.4 Å². The predicted octanol–water partition coefficient (Wildman–Crippen LogP) is 0.424. The molecule has 1 aromatic rings. The molecule has 90 valence electrons. The van der Waals surface area contributed by atoms with Crippen molar-refractivity contribution in [3.8, 4) is 0 Å². The average Bonchev–Trinajstić information content (AvgIpc) is 2.64. The third-order valence-corrected chi connectivity index (χ3v) is 3.12. The van der Waals surface area contributed by atoms with Crippen molar-refractivity contribution in [3.05, 3.63) is 12.3 Å². The van der Waals surface area contributed by atoms with Crippen molar-refractivity contribution in [2.24, 2.45) is 11.7 Å². The van der Waals surface area contributed by atoms with E-state index >= 15 is 0 Å². The first kappa shape index (κ1) is 11.4. The lowest BCUT2D eigenvalue weighted by Gasteiger charge is -2.29. The summed E-state index contributed by atoms with van der Waals surface area (Å²) in [6, 6.07) is 2.55. The van der Waals surface area contributed by atoms with E-state index < -0.39 is 0 Å². The van der Waals surface area contributed by atoms with Crippen LogP contribution in [0.4, 0.5) is 5.82 Å². The summed E-state index contributed by atoms with van der Waals surface area (Å²) in [6.45, 7) is 5.94. The fourth-order valence-electron chi connectivity index (χ4n) is 1.76. The van der Waals surface area contributed by atoms with Gasteiger partial charge in [0.05, 0.1) is 12.2 Å². The normalized spacial score (nSPS) is 18.1. The first-order valence-corrected chi connectivity index (χ1v) is 5.99. The zero-order chi connectivity index (χ0) is 11.4. The number of rotatable bonds is 6. The highest BCUT2D eigenvalue weighted by Gasteiger charge is 2.21. The SMILES string of the molecule is CC(CN)CCNc1ccnn1C1CNC1. The molecule has 1 aromatic heterocycles. The number of hydrogen-bond donors (Lipinski definition) is 3. The van der Waals surface area contributed by atoms with Crippen LogP contribution in [0.15, 0.2) is 12.3 Å². The summed E-state index contributed by atoms with van der Waals surface area (Å²) in [7, 11) is 0. The topological polar surface area (TPSA) is 67.9 Å². The van der Waals surface area contributed by atoms with E-state index in [2.05, 4.69) is 27.3 Å². The second-order valence-electron chi connectivity index (χ2n) is 4.53. The van der Waals surface area contributed by atoms with E-state index in [-0.39, 0.29) is 0 Å². The Hall–Kier alpha value is -1.07. The molecule has 0 radical (unpaired) electrons. The first-order valence-electron chi connectivity index (χ1n) is 5.99. The Morgan fingerprint density at radius 2 is 2.50 bits per heavy atom. The minimum Gasteiger partial charge on any atom is -0.370 e. The van der Waals surface area contributed by atoms with Crippen LogP contribution in [0.25, 0.3) is 0 Å². The largest absolute Gasteiger partial charge is 0.370 e. The van der Waals surface area contributed by atoms with Crippen molar-refractivity contribution in [2.45, 2.75) is 19.4 Å². The van der Waals surface area contributed by atoms with Crippen LogP contribution in [0.3, 0.4) is 0 Å². The minimum absolute atomic E-state index is 0.518. The fourth-order valence-corrected chi connectivity index (χ4v) is 1.76. The van der Waals surface area contributed by atoms with E-state index in [0.717, 1.165) is 38.4 Å². The number of nitrogens with two attached hydrogens (primary N) is 1. The molecule has 1 fully saturated rings. The van der Waals surface area contributed by atoms with E-state index in [0.29, 0.717) is 12.0 Å². The molecule has 0 saturated carbocycles. The first-order chi connectivity index (χ1) is 7.81. The van der Waals surface area contributed by atoms with E-state index in [1.54, 1.807) is 0 Å². The molecule has 4 N–H and O–H groups in total. The summed E-state index contributed by atoms with van der Waals surface area (Å²) in [5.74, 6) is 1.70. The molecule has 1 aliphatic heterocycles. The monoisotopic (exact) mass is 223 g/mol. The van der Waals surface area contributed by atoms with Crippen molar-refractivity contribution in [1.29, 1.82) is 0 Å². The lowest BCUT2D eigenvalue weighted by molar-refractivity contribution is 0.321. The third-order valence-electron chi connectivity index (χ3n) is 3.12. The van der Waals surface area contributed by atoms with Gasteiger partial charge in [-0.15, -0.1) is 0 Å². The Kier molecular flexibility index (Phi) is 3.79. The van der Waals surface area contributed by atoms with Crippen LogP contribution in [0.2, 0.25) is 0 Å². The highest BCUT2D eigenvalue weighted by atomic mass is 15.4. The Balaban J connectivity index is 1.82. The van der Waals surface area contributed by atoms with Gasteiger partial charge in [-0.25, -0.2) is 4.68 Å². The van der Waals surface area contributed by atoms with Gasteiger partial charge < -0.3 is 16.4 Å². The smallest absolute Gasteiger partial charge is 0.124 e. The molecule has 1 unspecified atom stereocenters. The standard InChI is InChI=1S/C11H21N5/c1-9(6-12)2-4-14-11-3-5-15-16(11)10-7-13-8-10/h3,5,9-10,13-14H,2,4,6-8,12H2,1H3. The van der Waals surface area contributed by atoms with Gasteiger partial charge in [-0.05, 0) is 18.9 Å². The van der Waals surface area contributed by atoms with Gasteiger partial charge >= 0.3 is 0 Å². The summed E-state index contributed by atoms with van der Waals surface area (Å²) >= 11 is 0. The number of hydrogen-bond acceptors (Lipinski definition) is 4. The Morgan fingerprint density at radius 1 is 1.69 bits per heavy atom. The Morgan fingerprint density at radius 3 is 3.12 bits per heavy atom. The molecule has 1 aliphatic rings. The number of aromatic nitrogens is 2. The van der Waals surface area contributed by atoms with Gasteiger partial charge in [0, 0.05) is 25.7 Å². The number of anilines is 1. The lowest BCUT2D eigenvalue weighted by Crippen LogP contribution is -2.44. The molecular formula is C11H21N5. The second-order valence-corrected chi connectivity index (χ2v) is 4.53. The summed E-state index contributed by atoms with van der Waals surface area (Å²) in [6.07, 6.45) is 2.96. The molecule has 0 bridgehead atoms. The minimum atomic E-state index is 0.518. The molecule has 1 saturated heterocycles. The van der Waals surface area contributed by atoms with Gasteiger partial charge in [-0.3, -0.25) is 0 Å². The predicted molar refractivity (Wildman–Crippen MR) is 65.5 cm³/mol. The zero-order valence-electron chi connectivity index (χ0n) is 9.82. The van der Waals surface area contributed by atoms with E-state index in [1.807, 2.05) is 12.3 Å². The summed E-state index contributed by atoms with van der Waals surface area (Å²) in [5, 5.41) is 11.0. The van der Waals surface area contributed by atoms with Gasteiger partial charge in [0.2, 0.25) is 0 Å². The molecule has 5 heteroatoms. The molecule has 0 amide bonds. The molecule has 2 rings (SSSR count). The van der Waals surface area contributed by atoms with E-state index in [1.165, 1.54) is 0 Å². The molecule has 1 atom stereocenters. The van der Waals surface area contributed by atoms with Crippen LogP contribution in [-0.4, -0.2) is 36.0 Å². The summed E-state index contributed by atoms with van der Waals surface area (Å²) < 4.78 is 2.07. The molecule has 5 nitrogen and oxygen atoms in total. The van der Waals surface area contributed by atoms with Crippen LogP contribution >= 0.6 is 0 Å². The Labute approximate surface area is 96.4 Å². The van der Waals surface area contributed by atoms with E-state index in [9.17, 15) is 0 Å². The van der Waals surface area contributed by atoms with Crippen molar-refractivity contribution < 1.29 is 0 Å². The quantitative estimate of drug-likeness (QED) is 0.654. The molecule has 0 aliphatic carbocycles. The summed E-state index contributed by atoms with van der Waals surface area (Å²) in [4.78, 5) is 0. The van der Waals surface area contributed by atoms with Crippen molar-refractivity contribution in [2.75, 3.05) is 31.5 Å². The van der Waals surface area contributed by atoms with Crippen molar-refractivity contribution in [1.82, 2.24) is 15.1 Å². The maximum absolute atomic E-state index is 5.59. The van der Waals surface area contributed by atoms with Crippen LogP contribution in [0.1, 0.15) is 19.4 Å². The van der Waals surface area contributed by atoms with Gasteiger partial charge in [0.25, 0.3) is 0 Å². The van der Waals surface area contributed by atoms with E-state index in [4.69, 9.17) is 5.73 Å². The molecule has 2 heterocycles. The molecule has 0 spiro atoms. The Bertz CT molecular complexity index is 318. The highest BCUT2D eigenvalue weighted by Crippen LogP contribution is 2.17. The summed E-state index contributed by atoms with van der Waals surface area (Å²) in [5.41, 5.74) is 5.59. The van der Waals surface area contributed by atoms with Crippen LogP contribution in [-0.2, 0) is 0 Å². The maximum atomic E-state index is 5.59. The van der Waals surface area contributed by atoms with Crippen molar-refractivity contribution in [3.63, 3.8) is 0 Å². The highest BCUT2D eigenvalue weighted by molar-refractivity contribution is 5.34. The van der Waals surface area contributed by atoms with Gasteiger partial charge in [-0.1, -0.05) is 6.92 Å². The lowest BCUT2D eigenvalue weighted by atomic mass is 10.1. The van der Waals surface area contributed by atoms with Gasteiger partial charge in [0.15, 0.2) is 0 Å². The van der Waals surface area contributed by atoms with Gasteiger partial charge in [-0.2, -0.15) is 5.10 Å². The molecule has 16 heavy (non-hydrogen) atoms. The number of nitrogens with one attached hydrogen (secondary N) is 2. The van der Waals surface area contributed by atoms with Gasteiger partial charge in [0.1, 0.15) is 5.82 Å². The zero-order valence-corrected chi connectivity index (χ0v) is 9.82. The number of nitrogens with zero attached hydrogens (tertiary/aromatic N) is 2. The second kappa shape index (κ2) is 5.32. The van der Waals surface area contributed by atoms with Crippen molar-refractivity contribution >= 4 is 5.82 Å². The third kappa shape index (κ3) is 2.54. The van der Waals surface area contributed by atoms with Crippen LogP contribution in [0, 0.1) is 5.92 Å². The van der Waals surface area contributed by atoms with Crippen LogP contribution in [0.5, 0.6) is 0 Å². The fraction of sp³-hybridized carbons (Fsp3) is 0.727. The molecule has 0 aromatic carbocycles.